The van der Waals surface area contributed by atoms with E-state index in [9.17, 15) is 4.39 Å². The Hall–Kier alpha value is -1.19. The highest BCUT2D eigenvalue weighted by molar-refractivity contribution is 9.10. The lowest BCUT2D eigenvalue weighted by molar-refractivity contribution is 0.522. The zero-order valence-electron chi connectivity index (χ0n) is 12.5. The molecule has 2 rings (SSSR count). The molecule has 1 nitrogen and oxygen atoms in total. The van der Waals surface area contributed by atoms with Gasteiger partial charge in [-0.25, -0.2) is 4.39 Å². The summed E-state index contributed by atoms with van der Waals surface area (Å²) in [4.78, 5) is 0. The van der Waals surface area contributed by atoms with E-state index >= 15 is 0 Å². The molecule has 0 spiro atoms. The second-order valence-electron chi connectivity index (χ2n) is 5.29. The monoisotopic (exact) mass is 349 g/mol. The fourth-order valence-corrected chi connectivity index (χ4v) is 2.96. The molecule has 0 heterocycles. The van der Waals surface area contributed by atoms with E-state index in [1.807, 2.05) is 19.1 Å². The van der Waals surface area contributed by atoms with E-state index in [1.165, 1.54) is 17.2 Å². The quantitative estimate of drug-likeness (QED) is 0.757. The van der Waals surface area contributed by atoms with Gasteiger partial charge < -0.3 is 5.32 Å². The van der Waals surface area contributed by atoms with E-state index in [0.717, 1.165) is 29.4 Å². The third kappa shape index (κ3) is 4.65. The first kappa shape index (κ1) is 16.2. The number of hydrogen-bond acceptors (Lipinski definition) is 1. The highest BCUT2D eigenvalue weighted by Gasteiger charge is 2.09. The Morgan fingerprint density at radius 1 is 1.19 bits per heavy atom. The fraction of sp³-hybridized carbons (Fsp3) is 0.333. The molecule has 112 valence electrons. The summed E-state index contributed by atoms with van der Waals surface area (Å²) in [6, 6.07) is 13.8. The van der Waals surface area contributed by atoms with Gasteiger partial charge in [-0.3, -0.25) is 0 Å². The van der Waals surface area contributed by atoms with Crippen molar-refractivity contribution in [1.29, 1.82) is 0 Å². The lowest BCUT2D eigenvalue weighted by Gasteiger charge is -2.18. The first-order valence-electron chi connectivity index (χ1n) is 7.34. The Bertz CT molecular complexity index is 598. The summed E-state index contributed by atoms with van der Waals surface area (Å²) in [6.07, 6.45) is 1.95. The Morgan fingerprint density at radius 2 is 2.00 bits per heavy atom. The number of rotatable bonds is 6. The lowest BCUT2D eigenvalue weighted by atomic mass is 10.0. The molecule has 0 saturated heterocycles. The van der Waals surface area contributed by atoms with Gasteiger partial charge in [-0.2, -0.15) is 0 Å². The Balaban J connectivity index is 1.94. The number of aryl methyl sites for hydroxylation is 1. The third-order valence-corrected chi connectivity index (χ3v) is 4.24. The van der Waals surface area contributed by atoms with Crippen LogP contribution in [0.1, 0.15) is 36.1 Å². The minimum atomic E-state index is -0.162. The number of hydrogen-bond donors (Lipinski definition) is 1. The molecular formula is C18H21BrFN. The smallest absolute Gasteiger partial charge is 0.123 e. The average molecular weight is 350 g/mol. The summed E-state index contributed by atoms with van der Waals surface area (Å²) < 4.78 is 14.2. The van der Waals surface area contributed by atoms with Crippen LogP contribution >= 0.6 is 15.9 Å². The Kier molecular flexibility index (Phi) is 5.95. The van der Waals surface area contributed by atoms with Gasteiger partial charge in [-0.1, -0.05) is 41.1 Å². The second-order valence-corrected chi connectivity index (χ2v) is 6.21. The van der Waals surface area contributed by atoms with E-state index < -0.39 is 0 Å². The normalized spacial score (nSPS) is 12.4. The molecule has 21 heavy (non-hydrogen) atoms. The molecule has 3 heteroatoms. The van der Waals surface area contributed by atoms with Crippen molar-refractivity contribution in [2.24, 2.45) is 0 Å². The molecule has 1 atom stereocenters. The molecule has 0 aliphatic rings. The first-order valence-corrected chi connectivity index (χ1v) is 8.13. The van der Waals surface area contributed by atoms with Crippen molar-refractivity contribution < 1.29 is 4.39 Å². The molecule has 0 aromatic heterocycles. The van der Waals surface area contributed by atoms with Gasteiger partial charge in [0.25, 0.3) is 0 Å². The third-order valence-electron chi connectivity index (χ3n) is 3.75. The molecule has 0 saturated carbocycles. The van der Waals surface area contributed by atoms with Crippen LogP contribution in [-0.2, 0) is 6.42 Å². The van der Waals surface area contributed by atoms with Crippen LogP contribution in [0.2, 0.25) is 0 Å². The van der Waals surface area contributed by atoms with Crippen LogP contribution in [0.25, 0.3) is 0 Å². The number of nitrogens with one attached hydrogen (secondary N) is 1. The fourth-order valence-electron chi connectivity index (χ4n) is 2.54. The van der Waals surface area contributed by atoms with Gasteiger partial charge in [0.2, 0.25) is 0 Å². The van der Waals surface area contributed by atoms with E-state index in [2.05, 4.69) is 46.4 Å². The van der Waals surface area contributed by atoms with Crippen LogP contribution in [0, 0.1) is 12.7 Å². The Morgan fingerprint density at radius 3 is 2.67 bits per heavy atom. The van der Waals surface area contributed by atoms with E-state index in [0.29, 0.717) is 6.04 Å². The van der Waals surface area contributed by atoms with Crippen molar-refractivity contribution in [2.75, 3.05) is 6.54 Å². The zero-order chi connectivity index (χ0) is 15.2. The number of halogens is 2. The molecule has 0 aliphatic heterocycles. The lowest BCUT2D eigenvalue weighted by Crippen LogP contribution is -2.23. The van der Waals surface area contributed by atoms with Gasteiger partial charge >= 0.3 is 0 Å². The zero-order valence-corrected chi connectivity index (χ0v) is 14.1. The predicted octanol–water partition coefficient (Wildman–Crippen LogP) is 5.18. The van der Waals surface area contributed by atoms with Crippen LogP contribution in [0.5, 0.6) is 0 Å². The highest BCUT2D eigenvalue weighted by atomic mass is 79.9. The van der Waals surface area contributed by atoms with Crippen LogP contribution in [0.15, 0.2) is 46.9 Å². The minimum Gasteiger partial charge on any atom is -0.310 e. The van der Waals surface area contributed by atoms with Crippen LogP contribution in [-0.4, -0.2) is 6.54 Å². The standard InChI is InChI=1S/C18H21BrFN/c1-3-18(15-5-4-6-16(19)12-15)21-10-9-14-7-8-17(20)11-13(14)2/h4-8,11-12,18,21H,3,9-10H2,1-2H3. The highest BCUT2D eigenvalue weighted by Crippen LogP contribution is 2.20. The summed E-state index contributed by atoms with van der Waals surface area (Å²) in [5, 5.41) is 3.59. The number of benzene rings is 2. The molecule has 1 N–H and O–H groups in total. The van der Waals surface area contributed by atoms with E-state index in [4.69, 9.17) is 0 Å². The predicted molar refractivity (Wildman–Crippen MR) is 90.0 cm³/mol. The van der Waals surface area contributed by atoms with E-state index in [-0.39, 0.29) is 5.82 Å². The van der Waals surface area contributed by atoms with Gasteiger partial charge in [0.1, 0.15) is 5.82 Å². The second kappa shape index (κ2) is 7.71. The van der Waals surface area contributed by atoms with Gasteiger partial charge in [0.05, 0.1) is 0 Å². The van der Waals surface area contributed by atoms with Gasteiger partial charge in [-0.15, -0.1) is 0 Å². The average Bonchev–Trinajstić information content (AvgIpc) is 2.45. The van der Waals surface area contributed by atoms with Gasteiger partial charge in [0.15, 0.2) is 0 Å². The van der Waals surface area contributed by atoms with Crippen molar-refractivity contribution in [1.82, 2.24) is 5.32 Å². The summed E-state index contributed by atoms with van der Waals surface area (Å²) in [5.41, 5.74) is 3.52. The molecule has 0 radical (unpaired) electrons. The van der Waals surface area contributed by atoms with Gasteiger partial charge in [0, 0.05) is 10.5 Å². The minimum absolute atomic E-state index is 0.162. The van der Waals surface area contributed by atoms with Crippen molar-refractivity contribution in [3.63, 3.8) is 0 Å². The summed E-state index contributed by atoms with van der Waals surface area (Å²) >= 11 is 3.52. The molecule has 0 aliphatic carbocycles. The maximum absolute atomic E-state index is 13.1. The molecule has 0 amide bonds. The first-order chi connectivity index (χ1) is 10.1. The molecule has 1 unspecified atom stereocenters. The maximum Gasteiger partial charge on any atom is 0.123 e. The van der Waals surface area contributed by atoms with Crippen molar-refractivity contribution in [2.45, 2.75) is 32.7 Å². The molecule has 2 aromatic rings. The van der Waals surface area contributed by atoms with Crippen LogP contribution in [0.4, 0.5) is 4.39 Å². The molecular weight excluding hydrogens is 329 g/mol. The van der Waals surface area contributed by atoms with E-state index in [1.54, 1.807) is 6.07 Å². The van der Waals surface area contributed by atoms with Crippen molar-refractivity contribution in [3.05, 3.63) is 69.4 Å². The molecule has 2 aromatic carbocycles. The topological polar surface area (TPSA) is 12.0 Å². The van der Waals surface area contributed by atoms with Crippen molar-refractivity contribution >= 4 is 15.9 Å². The maximum atomic E-state index is 13.1. The van der Waals surface area contributed by atoms with Crippen LogP contribution in [0.3, 0.4) is 0 Å². The SMILES string of the molecule is CCC(NCCc1ccc(F)cc1C)c1cccc(Br)c1. The largest absolute Gasteiger partial charge is 0.310 e. The Labute approximate surface area is 134 Å². The van der Waals surface area contributed by atoms with Crippen LogP contribution < -0.4 is 5.32 Å². The molecule has 0 fully saturated rings. The summed E-state index contributed by atoms with van der Waals surface area (Å²) in [6.45, 7) is 5.03. The molecule has 0 bridgehead atoms. The van der Waals surface area contributed by atoms with Crippen molar-refractivity contribution in [3.8, 4) is 0 Å². The summed E-state index contributed by atoms with van der Waals surface area (Å²) in [7, 11) is 0. The summed E-state index contributed by atoms with van der Waals surface area (Å²) in [5.74, 6) is -0.162. The van der Waals surface area contributed by atoms with Gasteiger partial charge in [-0.05, 0) is 67.3 Å².